The van der Waals surface area contributed by atoms with Gasteiger partial charge < -0.3 is 36.4 Å². The van der Waals surface area contributed by atoms with E-state index in [1.807, 2.05) is 36.4 Å². The average molecular weight is 752 g/mol. The van der Waals surface area contributed by atoms with Gasteiger partial charge in [-0.25, -0.2) is 8.78 Å². The van der Waals surface area contributed by atoms with Crippen molar-refractivity contribution < 1.29 is 23.2 Å². The van der Waals surface area contributed by atoms with Crippen LogP contribution in [0, 0.1) is 11.6 Å². The number of anilines is 6. The summed E-state index contributed by atoms with van der Waals surface area (Å²) >= 11 is 0. The van der Waals surface area contributed by atoms with E-state index in [0.29, 0.717) is 33.6 Å². The lowest BCUT2D eigenvalue weighted by Crippen LogP contribution is -2.35. The Morgan fingerprint density at radius 1 is 0.679 bits per heavy atom. The van der Waals surface area contributed by atoms with Crippen LogP contribution in [0.2, 0.25) is 0 Å². The maximum absolute atomic E-state index is 13.5. The van der Waals surface area contributed by atoms with Crippen LogP contribution >= 0.6 is 0 Å². The highest BCUT2D eigenvalue weighted by Crippen LogP contribution is 2.34. The van der Waals surface area contributed by atoms with Crippen molar-refractivity contribution in [3.63, 3.8) is 0 Å². The molecule has 3 amide bonds. The predicted molar refractivity (Wildman–Crippen MR) is 217 cm³/mol. The summed E-state index contributed by atoms with van der Waals surface area (Å²) in [6, 6.07) is 33.1. The summed E-state index contributed by atoms with van der Waals surface area (Å²) in [4.78, 5) is 40.0. The van der Waals surface area contributed by atoms with Gasteiger partial charge in [-0.2, -0.15) is 0 Å². The third kappa shape index (κ3) is 7.81. The van der Waals surface area contributed by atoms with Crippen molar-refractivity contribution in [2.75, 3.05) is 44.2 Å². The Hall–Kier alpha value is -6.95. The largest absolute Gasteiger partial charge is 0.369 e. The minimum absolute atomic E-state index is 0.00293. The molecule has 9 rings (SSSR count). The summed E-state index contributed by atoms with van der Waals surface area (Å²) in [6.45, 7) is 5.04. The average Bonchev–Trinajstić information content (AvgIpc) is 3.98. The molecule has 1 fully saturated rings. The second-order valence-electron chi connectivity index (χ2n) is 14.0. The van der Waals surface area contributed by atoms with E-state index in [9.17, 15) is 23.2 Å². The first-order valence-corrected chi connectivity index (χ1v) is 18.4. The molecule has 4 aliphatic rings. The maximum Gasteiger partial charge on any atom is 0.257 e. The molecule has 5 N–H and O–H groups in total. The molecule has 282 valence electrons. The van der Waals surface area contributed by atoms with Crippen molar-refractivity contribution in [3.8, 4) is 0 Å². The van der Waals surface area contributed by atoms with Crippen molar-refractivity contribution in [1.29, 1.82) is 0 Å². The van der Waals surface area contributed by atoms with Gasteiger partial charge in [-0.15, -0.1) is 0 Å². The number of benzene rings is 5. The molecule has 5 aromatic rings. The van der Waals surface area contributed by atoms with Gasteiger partial charge in [0.05, 0.1) is 11.1 Å². The van der Waals surface area contributed by atoms with Crippen molar-refractivity contribution in [1.82, 2.24) is 5.32 Å². The van der Waals surface area contributed by atoms with E-state index < -0.39 is 0 Å². The highest BCUT2D eigenvalue weighted by atomic mass is 19.1. The number of nitrogens with zero attached hydrogens (tertiary/aromatic N) is 2. The van der Waals surface area contributed by atoms with Crippen LogP contribution in [0.15, 0.2) is 122 Å². The van der Waals surface area contributed by atoms with E-state index in [0.717, 1.165) is 55.3 Å². The van der Waals surface area contributed by atoms with Crippen molar-refractivity contribution in [2.24, 2.45) is 0 Å². The van der Waals surface area contributed by atoms with Crippen LogP contribution in [0.25, 0.3) is 11.1 Å². The third-order valence-electron chi connectivity index (χ3n) is 10.2. The van der Waals surface area contributed by atoms with Gasteiger partial charge in [-0.05, 0) is 102 Å². The van der Waals surface area contributed by atoms with E-state index in [4.69, 9.17) is 0 Å². The molecule has 5 aromatic carbocycles. The Balaban J connectivity index is 0.000000157. The van der Waals surface area contributed by atoms with Crippen molar-refractivity contribution in [2.45, 2.75) is 32.5 Å². The lowest BCUT2D eigenvalue weighted by Gasteiger charge is -2.19. The van der Waals surface area contributed by atoms with Crippen LogP contribution in [0.4, 0.5) is 42.9 Å². The van der Waals surface area contributed by atoms with Gasteiger partial charge in [0.1, 0.15) is 11.6 Å². The summed E-state index contributed by atoms with van der Waals surface area (Å²) in [6.07, 6.45) is 4.15. The first-order valence-electron chi connectivity index (χ1n) is 18.4. The summed E-state index contributed by atoms with van der Waals surface area (Å²) in [5.41, 5.74) is 9.85. The molecule has 4 heterocycles. The molecule has 0 bridgehead atoms. The molecule has 1 saturated heterocycles. The monoisotopic (exact) mass is 751 g/mol. The maximum atomic E-state index is 13.5. The zero-order valence-electron chi connectivity index (χ0n) is 30.5. The summed E-state index contributed by atoms with van der Waals surface area (Å²) in [5.74, 6) is -1.24. The Morgan fingerprint density at radius 3 is 1.64 bits per heavy atom. The molecular formula is C44H39F2N7O3. The topological polar surface area (TPSA) is 118 Å². The number of hydrogen-bond donors (Lipinski definition) is 5. The minimum atomic E-state index is -0.381. The number of hydrogen-bond acceptors (Lipinski definition) is 7. The van der Waals surface area contributed by atoms with Crippen LogP contribution in [0.5, 0.6) is 0 Å². The van der Waals surface area contributed by atoms with E-state index in [2.05, 4.69) is 72.8 Å². The van der Waals surface area contributed by atoms with E-state index >= 15 is 0 Å². The molecule has 0 aromatic heterocycles. The lowest BCUT2D eigenvalue weighted by atomic mass is 10.1. The fourth-order valence-electron chi connectivity index (χ4n) is 7.37. The SMILES string of the molecule is CC(=O)NC1CCN(c2ccc(N/C=C3\C(=O)Nc4ccc(F)cc43)cc2)C1.O=C1Nc2ccc(F)cc2/C1=C\Nc1ccc(N2Cc3ccccc3C2)cc1. The molecule has 56 heavy (non-hydrogen) atoms. The Morgan fingerprint density at radius 2 is 1.16 bits per heavy atom. The van der Waals surface area contributed by atoms with Crippen LogP contribution in [-0.2, 0) is 27.5 Å². The molecule has 1 unspecified atom stereocenters. The lowest BCUT2D eigenvalue weighted by molar-refractivity contribution is -0.119. The zero-order valence-corrected chi connectivity index (χ0v) is 30.5. The molecule has 1 atom stereocenters. The van der Waals surface area contributed by atoms with Crippen LogP contribution < -0.4 is 36.4 Å². The number of rotatable bonds is 7. The van der Waals surface area contributed by atoms with Crippen LogP contribution in [0.1, 0.15) is 35.6 Å². The van der Waals surface area contributed by atoms with Crippen LogP contribution in [-0.4, -0.2) is 36.9 Å². The number of amides is 3. The molecule has 12 heteroatoms. The Labute approximate surface area is 322 Å². The summed E-state index contributed by atoms with van der Waals surface area (Å²) in [5, 5.41) is 14.7. The zero-order chi connectivity index (χ0) is 38.8. The normalized spacial score (nSPS) is 17.8. The quantitative estimate of drug-likeness (QED) is 0.108. The first kappa shape index (κ1) is 36.0. The minimum Gasteiger partial charge on any atom is -0.369 e. The van der Waals surface area contributed by atoms with Crippen molar-refractivity contribution >= 4 is 63.0 Å². The van der Waals surface area contributed by atoms with Gasteiger partial charge in [0, 0.05) is 96.8 Å². The number of nitrogens with one attached hydrogen (secondary N) is 5. The number of halogens is 2. The predicted octanol–water partition coefficient (Wildman–Crippen LogP) is 7.70. The van der Waals surface area contributed by atoms with E-state index in [1.165, 1.54) is 42.3 Å². The summed E-state index contributed by atoms with van der Waals surface area (Å²) < 4.78 is 27.0. The van der Waals surface area contributed by atoms with E-state index in [1.54, 1.807) is 24.5 Å². The molecule has 10 nitrogen and oxygen atoms in total. The first-order chi connectivity index (χ1) is 27.2. The molecule has 0 spiro atoms. The van der Waals surface area contributed by atoms with E-state index in [-0.39, 0.29) is 35.4 Å². The fourth-order valence-corrected chi connectivity index (χ4v) is 7.37. The number of carbonyl (C=O) groups excluding carboxylic acids is 3. The fraction of sp³-hybridized carbons (Fsp3) is 0.159. The van der Waals surface area contributed by atoms with Gasteiger partial charge >= 0.3 is 0 Å². The smallest absolute Gasteiger partial charge is 0.257 e. The standard InChI is InChI=1S/C23H18FN3O.C21H21FN4O2/c24-17-5-10-22-20(11-17)21(23(28)26-22)12-25-18-6-8-19(9-7-18)27-13-15-3-1-2-4-16(15)14-27;1-13(27)24-16-8-9-26(12-16)17-5-3-15(4-6-17)23-11-19-18-10-14(22)2-7-20(18)25-21(19)28/h1-12,25H,13-14H2,(H,26,28);2-7,10-11,16,23H,8-9,12H2,1H3,(H,24,27)(H,25,28)/b21-12+;19-11-. The molecule has 0 aliphatic carbocycles. The second kappa shape index (κ2) is 15.4. The number of carbonyl (C=O) groups is 3. The van der Waals surface area contributed by atoms with Gasteiger partial charge in [0.15, 0.2) is 0 Å². The van der Waals surface area contributed by atoms with Crippen molar-refractivity contribution in [3.05, 3.63) is 155 Å². The van der Waals surface area contributed by atoms with Gasteiger partial charge in [-0.1, -0.05) is 24.3 Å². The molecular weight excluding hydrogens is 713 g/mol. The van der Waals surface area contributed by atoms with Crippen LogP contribution in [0.3, 0.4) is 0 Å². The molecule has 0 radical (unpaired) electrons. The Kier molecular flexibility index (Phi) is 9.93. The highest BCUT2D eigenvalue weighted by molar-refractivity contribution is 6.32. The summed E-state index contributed by atoms with van der Waals surface area (Å²) in [7, 11) is 0. The molecule has 0 saturated carbocycles. The van der Waals surface area contributed by atoms with Gasteiger partial charge in [0.25, 0.3) is 11.8 Å². The second-order valence-corrected chi connectivity index (χ2v) is 14.0. The highest BCUT2D eigenvalue weighted by Gasteiger charge is 2.26. The number of fused-ring (bicyclic) bond motifs is 3. The van der Waals surface area contributed by atoms with Gasteiger partial charge in [0.2, 0.25) is 5.91 Å². The third-order valence-corrected chi connectivity index (χ3v) is 10.2. The Bertz CT molecular complexity index is 2370. The molecule has 4 aliphatic heterocycles. The van der Waals surface area contributed by atoms with Gasteiger partial charge in [-0.3, -0.25) is 14.4 Å².